The molecule has 0 radical (unpaired) electrons. The summed E-state index contributed by atoms with van der Waals surface area (Å²) in [6, 6.07) is 6.07. The van der Waals surface area contributed by atoms with Crippen LogP contribution in [0.4, 0.5) is 0 Å². The molecule has 1 aromatic carbocycles. The number of ketones is 1. The molecule has 0 spiro atoms. The minimum absolute atomic E-state index is 0.302. The van der Waals surface area contributed by atoms with Crippen LogP contribution >= 0.6 is 15.9 Å². The molecule has 2 rings (SSSR count). The van der Waals surface area contributed by atoms with Crippen LogP contribution in [0.25, 0.3) is 0 Å². The molecule has 0 atom stereocenters. The lowest BCUT2D eigenvalue weighted by Gasteiger charge is -2.29. The predicted octanol–water partition coefficient (Wildman–Crippen LogP) is 4.67. The normalized spacial score (nSPS) is 23.1. The van der Waals surface area contributed by atoms with Gasteiger partial charge in [-0.15, -0.1) is 0 Å². The van der Waals surface area contributed by atoms with E-state index < -0.39 is 0 Å². The van der Waals surface area contributed by atoms with Crippen molar-refractivity contribution in [3.63, 3.8) is 0 Å². The highest BCUT2D eigenvalue weighted by Gasteiger charge is 2.23. The third-order valence-electron chi connectivity index (χ3n) is 3.88. The van der Waals surface area contributed by atoms with E-state index in [0.717, 1.165) is 47.9 Å². The van der Waals surface area contributed by atoms with Gasteiger partial charge in [-0.25, -0.2) is 0 Å². The second-order valence-electron chi connectivity index (χ2n) is 5.53. The molecule has 0 N–H and O–H groups in total. The topological polar surface area (TPSA) is 26.3 Å². The minimum atomic E-state index is 0.302. The summed E-state index contributed by atoms with van der Waals surface area (Å²) in [6.07, 6.45) is 5.38. The van der Waals surface area contributed by atoms with Gasteiger partial charge in [0.2, 0.25) is 0 Å². The zero-order chi connectivity index (χ0) is 13.8. The molecule has 1 saturated carbocycles. The Balaban J connectivity index is 1.89. The van der Waals surface area contributed by atoms with Crippen molar-refractivity contribution in [2.24, 2.45) is 5.92 Å². The number of ether oxygens (including phenoxy) is 1. The smallest absolute Gasteiger partial charge is 0.130 e. The molecule has 1 aliphatic rings. The van der Waals surface area contributed by atoms with Crippen molar-refractivity contribution in [3.8, 4) is 5.75 Å². The number of carbonyl (C=O) groups is 1. The van der Waals surface area contributed by atoms with Gasteiger partial charge in [0.25, 0.3) is 0 Å². The number of carbonyl (C=O) groups excluding carboxylic acids is 1. The van der Waals surface area contributed by atoms with Crippen LogP contribution in [0.1, 0.15) is 44.6 Å². The van der Waals surface area contributed by atoms with Crippen molar-refractivity contribution in [3.05, 3.63) is 28.2 Å². The number of halogens is 1. The van der Waals surface area contributed by atoms with E-state index in [-0.39, 0.29) is 0 Å². The molecule has 0 saturated heterocycles. The van der Waals surface area contributed by atoms with Crippen LogP contribution in [0, 0.1) is 12.8 Å². The number of rotatable bonds is 4. The van der Waals surface area contributed by atoms with Gasteiger partial charge in [0, 0.05) is 16.5 Å². The van der Waals surface area contributed by atoms with Gasteiger partial charge in [-0.1, -0.05) is 22.0 Å². The maximum atomic E-state index is 11.1. The molecule has 0 unspecified atom stereocenters. The molecule has 0 amide bonds. The SMILES string of the molecule is CC(=O)CC1CCC(Oc2cccc(Br)c2C)CC1. The van der Waals surface area contributed by atoms with Crippen LogP contribution < -0.4 is 4.74 Å². The second kappa shape index (κ2) is 6.56. The summed E-state index contributed by atoms with van der Waals surface area (Å²) >= 11 is 3.53. The van der Waals surface area contributed by atoms with Crippen molar-refractivity contribution in [2.45, 2.75) is 52.1 Å². The Morgan fingerprint density at radius 2 is 2.00 bits per heavy atom. The number of hydrogen-bond donors (Lipinski definition) is 0. The van der Waals surface area contributed by atoms with Crippen molar-refractivity contribution in [2.75, 3.05) is 0 Å². The molecule has 1 aromatic rings. The summed E-state index contributed by atoms with van der Waals surface area (Å²) in [5.74, 6) is 1.86. The Labute approximate surface area is 123 Å². The van der Waals surface area contributed by atoms with Gasteiger partial charge in [0.1, 0.15) is 11.5 Å². The van der Waals surface area contributed by atoms with Crippen molar-refractivity contribution >= 4 is 21.7 Å². The van der Waals surface area contributed by atoms with Crippen molar-refractivity contribution in [1.29, 1.82) is 0 Å². The largest absolute Gasteiger partial charge is 0.490 e. The average molecular weight is 325 g/mol. The number of hydrogen-bond acceptors (Lipinski definition) is 2. The van der Waals surface area contributed by atoms with Gasteiger partial charge in [-0.2, -0.15) is 0 Å². The van der Waals surface area contributed by atoms with E-state index in [1.54, 1.807) is 6.92 Å². The molecule has 0 bridgehead atoms. The van der Waals surface area contributed by atoms with Crippen LogP contribution in [0.2, 0.25) is 0 Å². The Bertz CT molecular complexity index is 448. The molecule has 1 fully saturated rings. The number of Topliss-reactive ketones (excluding diaryl/α,β-unsaturated/α-hetero) is 1. The van der Waals surface area contributed by atoms with Crippen LogP contribution in [-0.4, -0.2) is 11.9 Å². The molecule has 104 valence electrons. The van der Waals surface area contributed by atoms with Gasteiger partial charge in [-0.3, -0.25) is 0 Å². The Morgan fingerprint density at radius 1 is 1.32 bits per heavy atom. The molecule has 0 heterocycles. The lowest BCUT2D eigenvalue weighted by molar-refractivity contribution is -0.118. The van der Waals surface area contributed by atoms with E-state index in [4.69, 9.17) is 4.74 Å². The molecule has 3 heteroatoms. The first-order valence-corrected chi connectivity index (χ1v) is 7.76. The summed E-state index contributed by atoms with van der Waals surface area (Å²) in [5.41, 5.74) is 1.16. The Kier molecular flexibility index (Phi) is 5.03. The molecule has 0 aliphatic heterocycles. The quantitative estimate of drug-likeness (QED) is 0.804. The summed E-state index contributed by atoms with van der Waals surface area (Å²) in [5, 5.41) is 0. The summed E-state index contributed by atoms with van der Waals surface area (Å²) in [4.78, 5) is 11.1. The van der Waals surface area contributed by atoms with E-state index in [2.05, 4.69) is 22.9 Å². The second-order valence-corrected chi connectivity index (χ2v) is 6.38. The highest BCUT2D eigenvalue weighted by atomic mass is 79.9. The van der Waals surface area contributed by atoms with Gasteiger partial charge in [0.05, 0.1) is 6.10 Å². The maximum Gasteiger partial charge on any atom is 0.130 e. The lowest BCUT2D eigenvalue weighted by Crippen LogP contribution is -2.25. The summed E-state index contributed by atoms with van der Waals surface area (Å²) < 4.78 is 7.20. The van der Waals surface area contributed by atoms with Gasteiger partial charge < -0.3 is 9.53 Å². The first-order valence-electron chi connectivity index (χ1n) is 6.97. The van der Waals surface area contributed by atoms with Crippen molar-refractivity contribution in [1.82, 2.24) is 0 Å². The minimum Gasteiger partial charge on any atom is -0.490 e. The fourth-order valence-corrected chi connectivity index (χ4v) is 3.10. The van der Waals surface area contributed by atoms with Crippen LogP contribution in [0.3, 0.4) is 0 Å². The molecule has 1 aliphatic carbocycles. The van der Waals surface area contributed by atoms with Crippen molar-refractivity contribution < 1.29 is 9.53 Å². The van der Waals surface area contributed by atoms with Gasteiger partial charge in [-0.05, 0) is 57.6 Å². The highest BCUT2D eigenvalue weighted by molar-refractivity contribution is 9.10. The Morgan fingerprint density at radius 3 is 2.63 bits per heavy atom. The van der Waals surface area contributed by atoms with E-state index >= 15 is 0 Å². The third-order valence-corrected chi connectivity index (χ3v) is 4.74. The fraction of sp³-hybridized carbons (Fsp3) is 0.562. The van der Waals surface area contributed by atoms with E-state index in [9.17, 15) is 4.79 Å². The molecular formula is C16H21BrO2. The molecule has 2 nitrogen and oxygen atoms in total. The third kappa shape index (κ3) is 4.07. The first kappa shape index (κ1) is 14.6. The zero-order valence-electron chi connectivity index (χ0n) is 11.6. The number of benzene rings is 1. The van der Waals surface area contributed by atoms with Gasteiger partial charge >= 0.3 is 0 Å². The van der Waals surface area contributed by atoms with E-state index in [0.29, 0.717) is 17.8 Å². The summed E-state index contributed by atoms with van der Waals surface area (Å²) in [7, 11) is 0. The molecular weight excluding hydrogens is 304 g/mol. The zero-order valence-corrected chi connectivity index (χ0v) is 13.2. The Hall–Kier alpha value is -0.830. The highest BCUT2D eigenvalue weighted by Crippen LogP contribution is 2.32. The van der Waals surface area contributed by atoms with Crippen LogP contribution in [0.15, 0.2) is 22.7 Å². The summed E-state index contributed by atoms with van der Waals surface area (Å²) in [6.45, 7) is 3.76. The van der Waals surface area contributed by atoms with E-state index in [1.165, 1.54) is 0 Å². The molecule has 0 aromatic heterocycles. The first-order chi connectivity index (χ1) is 9.06. The average Bonchev–Trinajstić information content (AvgIpc) is 2.37. The fourth-order valence-electron chi connectivity index (χ4n) is 2.76. The standard InChI is InChI=1S/C16H21BrO2/c1-11(18)10-13-6-8-14(9-7-13)19-16-5-3-4-15(17)12(16)2/h3-5,13-14H,6-10H2,1-2H3. The van der Waals surface area contributed by atoms with Crippen LogP contribution in [0.5, 0.6) is 5.75 Å². The lowest BCUT2D eigenvalue weighted by atomic mass is 9.84. The predicted molar refractivity (Wildman–Crippen MR) is 80.6 cm³/mol. The van der Waals surface area contributed by atoms with E-state index in [1.807, 2.05) is 18.2 Å². The monoisotopic (exact) mass is 324 g/mol. The van der Waals surface area contributed by atoms with Crippen LogP contribution in [-0.2, 0) is 4.79 Å². The maximum absolute atomic E-state index is 11.1. The van der Waals surface area contributed by atoms with Gasteiger partial charge in [0.15, 0.2) is 0 Å². The molecule has 19 heavy (non-hydrogen) atoms.